The van der Waals surface area contributed by atoms with Crippen molar-refractivity contribution in [1.29, 1.82) is 0 Å². The molecule has 0 fully saturated rings. The lowest BCUT2D eigenvalue weighted by Crippen LogP contribution is -2.29. The Bertz CT molecular complexity index is 1330. The molecule has 7 nitrogen and oxygen atoms in total. The van der Waals surface area contributed by atoms with Crippen LogP contribution in [0.4, 0.5) is 14.5 Å². The Labute approximate surface area is 207 Å². The van der Waals surface area contributed by atoms with Crippen molar-refractivity contribution < 1.29 is 22.0 Å². The van der Waals surface area contributed by atoms with Crippen LogP contribution in [0.15, 0.2) is 71.6 Å². The van der Waals surface area contributed by atoms with Crippen molar-refractivity contribution in [1.82, 2.24) is 14.3 Å². The summed E-state index contributed by atoms with van der Waals surface area (Å²) >= 11 is 3.23. The molecule has 4 rings (SSSR count). The van der Waals surface area contributed by atoms with Gasteiger partial charge in [0, 0.05) is 27.6 Å². The third-order valence-corrected chi connectivity index (χ3v) is 7.66. The first-order chi connectivity index (χ1) is 15.7. The zero-order valence-corrected chi connectivity index (χ0v) is 20.8. The van der Waals surface area contributed by atoms with Gasteiger partial charge in [0.1, 0.15) is 16.5 Å². The van der Waals surface area contributed by atoms with Gasteiger partial charge in [0.15, 0.2) is 0 Å². The van der Waals surface area contributed by atoms with E-state index in [1.165, 1.54) is 36.4 Å². The van der Waals surface area contributed by atoms with Crippen molar-refractivity contribution in [3.63, 3.8) is 0 Å². The van der Waals surface area contributed by atoms with Gasteiger partial charge in [0.25, 0.3) is 15.9 Å². The minimum atomic E-state index is -4.04. The van der Waals surface area contributed by atoms with Gasteiger partial charge in [-0.1, -0.05) is 6.07 Å². The normalized spacial score (nSPS) is 15.8. The smallest absolute Gasteiger partial charge is 0.264 e. The van der Waals surface area contributed by atoms with E-state index in [9.17, 15) is 22.0 Å². The predicted molar refractivity (Wildman–Crippen MR) is 132 cm³/mol. The molecule has 3 N–H and O–H groups in total. The van der Waals surface area contributed by atoms with Gasteiger partial charge >= 0.3 is 0 Å². The van der Waals surface area contributed by atoms with Gasteiger partial charge in [-0.3, -0.25) is 13.8 Å². The third kappa shape index (κ3) is 5.01. The molecule has 1 atom stereocenters. The molecule has 0 radical (unpaired) electrons. The standard InChI is InChI=1S/C21H17F2IN4O3S2/c1-12(15-6-4-13(22)9-17(15)23)26-21(29)16-7-5-14(24)10-18(16)27-33(30,31)20-3-2-8-28-19(20)11-25-32-28/h2-12,25,27H,1H3,(H,26,29). The number of fused-ring (bicyclic) bond motifs is 1. The largest absolute Gasteiger partial charge is 0.345 e. The number of hydrogen-bond donors (Lipinski definition) is 3. The summed E-state index contributed by atoms with van der Waals surface area (Å²) in [5, 5.41) is 2.64. The summed E-state index contributed by atoms with van der Waals surface area (Å²) in [5.74, 6) is -2.12. The number of carbonyl (C=O) groups excluding carboxylic acids is 1. The number of nitrogens with one attached hydrogen (secondary N) is 3. The van der Waals surface area contributed by atoms with Crippen molar-refractivity contribution in [2.75, 3.05) is 4.72 Å². The van der Waals surface area contributed by atoms with Crippen LogP contribution < -0.4 is 14.8 Å². The van der Waals surface area contributed by atoms with Crippen LogP contribution in [-0.2, 0) is 10.0 Å². The summed E-state index contributed by atoms with van der Waals surface area (Å²) in [6.07, 6.45) is 6.36. The molecule has 0 bridgehead atoms. The van der Waals surface area contributed by atoms with Crippen LogP contribution in [-0.4, -0.2) is 18.6 Å². The Morgan fingerprint density at radius 3 is 2.76 bits per heavy atom. The third-order valence-electron chi connectivity index (χ3n) is 4.84. The maximum atomic E-state index is 14.1. The fraction of sp³-hybridized carbons (Fsp3) is 0.0952. The molecule has 12 heteroatoms. The molecule has 1 unspecified atom stereocenters. The molecular formula is C21H17F2IN4O3S2. The summed E-state index contributed by atoms with van der Waals surface area (Å²) in [4.78, 5) is 13.0. The van der Waals surface area contributed by atoms with Gasteiger partial charge in [0.05, 0.1) is 35.1 Å². The maximum absolute atomic E-state index is 14.1. The molecule has 2 heterocycles. The summed E-state index contributed by atoms with van der Waals surface area (Å²) in [6.45, 7) is 1.55. The average Bonchev–Trinajstić information content (AvgIpc) is 3.22. The van der Waals surface area contributed by atoms with Crippen molar-refractivity contribution >= 4 is 56.3 Å². The molecule has 33 heavy (non-hydrogen) atoms. The number of hydrogen-bond acceptors (Lipinski definition) is 6. The van der Waals surface area contributed by atoms with Gasteiger partial charge < -0.3 is 10.0 Å². The number of anilines is 1. The molecule has 0 saturated carbocycles. The molecule has 2 aliphatic heterocycles. The van der Waals surface area contributed by atoms with E-state index in [0.717, 1.165) is 12.1 Å². The monoisotopic (exact) mass is 602 g/mol. The van der Waals surface area contributed by atoms with E-state index in [-0.39, 0.29) is 21.7 Å². The highest BCUT2D eigenvalue weighted by atomic mass is 127. The SMILES string of the molecule is CC(NC(=O)c1ccc(I)cc1NS(=O)(=O)C1=CC=CN2SNC=C12)c1ccc(F)cc1F. The Morgan fingerprint density at radius 1 is 1.21 bits per heavy atom. The minimum absolute atomic E-state index is 0.0365. The van der Waals surface area contributed by atoms with E-state index in [4.69, 9.17) is 0 Å². The molecule has 0 aliphatic carbocycles. The summed E-state index contributed by atoms with van der Waals surface area (Å²) in [5.41, 5.74) is 0.694. The van der Waals surface area contributed by atoms with E-state index < -0.39 is 33.6 Å². The van der Waals surface area contributed by atoms with Crippen LogP contribution in [0, 0.1) is 15.2 Å². The molecule has 1 amide bonds. The molecule has 2 aromatic rings. The molecule has 0 saturated heterocycles. The molecule has 172 valence electrons. The first kappa shape index (κ1) is 23.6. The van der Waals surface area contributed by atoms with Gasteiger partial charge in [-0.05, 0) is 65.9 Å². The van der Waals surface area contributed by atoms with Gasteiger partial charge in [-0.2, -0.15) is 0 Å². The molecule has 2 aliphatic rings. The van der Waals surface area contributed by atoms with E-state index in [2.05, 4.69) is 14.8 Å². The van der Waals surface area contributed by atoms with Crippen LogP contribution in [0.5, 0.6) is 0 Å². The average molecular weight is 602 g/mol. The highest BCUT2D eigenvalue weighted by Gasteiger charge is 2.30. The fourth-order valence-electron chi connectivity index (χ4n) is 3.27. The number of sulfonamides is 1. The van der Waals surface area contributed by atoms with Crippen LogP contribution in [0.2, 0.25) is 0 Å². The molecule has 0 spiro atoms. The van der Waals surface area contributed by atoms with Gasteiger partial charge in [-0.25, -0.2) is 17.2 Å². The van der Waals surface area contributed by atoms with Crippen molar-refractivity contribution in [2.24, 2.45) is 0 Å². The molecular weight excluding hydrogens is 585 g/mol. The first-order valence-electron chi connectivity index (χ1n) is 9.54. The number of allylic oxidation sites excluding steroid dienone is 2. The van der Waals surface area contributed by atoms with Gasteiger partial charge in [-0.15, -0.1) is 0 Å². The van der Waals surface area contributed by atoms with Crippen molar-refractivity contribution in [3.8, 4) is 0 Å². The Balaban J connectivity index is 1.60. The summed E-state index contributed by atoms with van der Waals surface area (Å²) in [7, 11) is -4.04. The first-order valence-corrected chi connectivity index (χ1v) is 12.9. The van der Waals surface area contributed by atoms with Crippen LogP contribution in [0.3, 0.4) is 0 Å². The lowest BCUT2D eigenvalue weighted by atomic mass is 10.1. The van der Waals surface area contributed by atoms with Crippen LogP contribution >= 0.6 is 34.7 Å². The zero-order valence-electron chi connectivity index (χ0n) is 17.0. The predicted octanol–water partition coefficient (Wildman–Crippen LogP) is 4.52. The van der Waals surface area contributed by atoms with E-state index in [1.807, 2.05) is 22.6 Å². The summed E-state index contributed by atoms with van der Waals surface area (Å²) < 4.78 is 61.4. The lowest BCUT2D eigenvalue weighted by molar-refractivity contribution is 0.0940. The lowest BCUT2D eigenvalue weighted by Gasteiger charge is -2.21. The highest BCUT2D eigenvalue weighted by molar-refractivity contribution is 14.1. The Kier molecular flexibility index (Phi) is 6.68. The van der Waals surface area contributed by atoms with Crippen LogP contribution in [0.25, 0.3) is 0 Å². The van der Waals surface area contributed by atoms with E-state index >= 15 is 0 Å². The molecule has 0 aromatic heterocycles. The Hall–Kier alpha value is -2.58. The number of halogens is 3. The molecule has 2 aromatic carbocycles. The second-order valence-corrected chi connectivity index (χ2v) is 10.8. The second kappa shape index (κ2) is 9.35. The van der Waals surface area contributed by atoms with E-state index in [0.29, 0.717) is 9.27 Å². The summed E-state index contributed by atoms with van der Waals surface area (Å²) in [6, 6.07) is 6.98. The second-order valence-electron chi connectivity index (χ2n) is 7.09. The van der Waals surface area contributed by atoms with Crippen molar-refractivity contribution in [2.45, 2.75) is 13.0 Å². The number of nitrogens with zero attached hydrogens (tertiary/aromatic N) is 1. The zero-order chi connectivity index (χ0) is 23.8. The number of benzene rings is 2. The fourth-order valence-corrected chi connectivity index (χ4v) is 5.73. The Morgan fingerprint density at radius 2 is 2.00 bits per heavy atom. The number of rotatable bonds is 6. The van der Waals surface area contributed by atoms with Crippen LogP contribution in [0.1, 0.15) is 28.9 Å². The van der Waals surface area contributed by atoms with Gasteiger partial charge in [0.2, 0.25) is 0 Å². The highest BCUT2D eigenvalue weighted by Crippen LogP contribution is 2.34. The van der Waals surface area contributed by atoms with Crippen molar-refractivity contribution in [3.05, 3.63) is 97.9 Å². The minimum Gasteiger partial charge on any atom is -0.345 e. The van der Waals surface area contributed by atoms with E-state index in [1.54, 1.807) is 35.8 Å². The number of carbonyl (C=O) groups is 1. The number of amides is 1. The topological polar surface area (TPSA) is 90.5 Å². The quantitative estimate of drug-likeness (QED) is 0.333. The maximum Gasteiger partial charge on any atom is 0.264 e.